The second-order valence-electron chi connectivity index (χ2n) is 5.37. The van der Waals surface area contributed by atoms with E-state index in [1.54, 1.807) is 0 Å². The molecule has 0 spiro atoms. The van der Waals surface area contributed by atoms with Crippen LogP contribution in [0.1, 0.15) is 26.2 Å². The van der Waals surface area contributed by atoms with Gasteiger partial charge in [-0.3, -0.25) is 0 Å². The van der Waals surface area contributed by atoms with Crippen molar-refractivity contribution in [1.29, 1.82) is 0 Å². The van der Waals surface area contributed by atoms with E-state index in [2.05, 4.69) is 17.1 Å². The first-order valence-electron chi connectivity index (χ1n) is 6.78. The number of hydrogen-bond donors (Lipinski definition) is 1. The fourth-order valence-corrected chi connectivity index (χ4v) is 2.87. The van der Waals surface area contributed by atoms with Crippen LogP contribution in [0.15, 0.2) is 0 Å². The van der Waals surface area contributed by atoms with Crippen molar-refractivity contribution >= 4 is 0 Å². The van der Waals surface area contributed by atoms with Crippen molar-refractivity contribution in [3.05, 3.63) is 0 Å². The Kier molecular flexibility index (Phi) is 4.62. The standard InChI is InChI=1S/C13H26N2O/c1-3-14-13(12-4-5-12)9-15-7-6-11(8-15)10-16-2/h11-14H,3-10H2,1-2H3. The van der Waals surface area contributed by atoms with Crippen molar-refractivity contribution in [3.63, 3.8) is 0 Å². The molecule has 2 fully saturated rings. The number of ether oxygens (including phenoxy) is 1. The van der Waals surface area contributed by atoms with Gasteiger partial charge in [-0.15, -0.1) is 0 Å². The molecule has 2 unspecified atom stereocenters. The maximum atomic E-state index is 5.24. The summed E-state index contributed by atoms with van der Waals surface area (Å²) < 4.78 is 5.24. The average molecular weight is 226 g/mol. The van der Waals surface area contributed by atoms with Crippen LogP contribution in [-0.2, 0) is 4.74 Å². The van der Waals surface area contributed by atoms with Crippen LogP contribution < -0.4 is 5.32 Å². The number of methoxy groups -OCH3 is 1. The molecule has 0 radical (unpaired) electrons. The van der Waals surface area contributed by atoms with E-state index < -0.39 is 0 Å². The molecule has 16 heavy (non-hydrogen) atoms. The van der Waals surface area contributed by atoms with Gasteiger partial charge in [0.25, 0.3) is 0 Å². The lowest BCUT2D eigenvalue weighted by Crippen LogP contribution is -2.41. The molecule has 0 bridgehead atoms. The molecule has 1 N–H and O–H groups in total. The quantitative estimate of drug-likeness (QED) is 0.709. The minimum atomic E-state index is 0.742. The maximum Gasteiger partial charge on any atom is 0.0503 e. The maximum absolute atomic E-state index is 5.24. The molecule has 3 heteroatoms. The van der Waals surface area contributed by atoms with Crippen LogP contribution in [0.2, 0.25) is 0 Å². The molecule has 0 amide bonds. The molecule has 2 rings (SSSR count). The Morgan fingerprint density at radius 3 is 2.81 bits per heavy atom. The van der Waals surface area contributed by atoms with Gasteiger partial charge >= 0.3 is 0 Å². The molecular weight excluding hydrogens is 200 g/mol. The number of likely N-dealkylation sites (N-methyl/N-ethyl adjacent to an activating group) is 1. The largest absolute Gasteiger partial charge is 0.384 e. The highest BCUT2D eigenvalue weighted by molar-refractivity contribution is 4.89. The van der Waals surface area contributed by atoms with E-state index in [9.17, 15) is 0 Å². The van der Waals surface area contributed by atoms with Gasteiger partial charge in [0, 0.05) is 26.2 Å². The first-order valence-corrected chi connectivity index (χ1v) is 6.78. The van der Waals surface area contributed by atoms with Gasteiger partial charge in [0.05, 0.1) is 6.61 Å². The molecule has 1 aliphatic heterocycles. The summed E-state index contributed by atoms with van der Waals surface area (Å²) in [5, 5.41) is 3.65. The minimum absolute atomic E-state index is 0.742. The molecule has 1 saturated heterocycles. The Bertz CT molecular complexity index is 206. The van der Waals surface area contributed by atoms with E-state index in [0.29, 0.717) is 0 Å². The molecule has 0 aromatic rings. The van der Waals surface area contributed by atoms with Crippen LogP contribution in [0.5, 0.6) is 0 Å². The highest BCUT2D eigenvalue weighted by Crippen LogP contribution is 2.33. The first-order chi connectivity index (χ1) is 7.83. The minimum Gasteiger partial charge on any atom is -0.384 e. The van der Waals surface area contributed by atoms with Gasteiger partial charge in [-0.25, -0.2) is 0 Å². The number of likely N-dealkylation sites (tertiary alicyclic amines) is 1. The molecule has 1 aliphatic carbocycles. The highest BCUT2D eigenvalue weighted by atomic mass is 16.5. The van der Waals surface area contributed by atoms with Crippen LogP contribution in [-0.4, -0.2) is 50.8 Å². The Balaban J connectivity index is 1.71. The zero-order valence-electron chi connectivity index (χ0n) is 10.7. The average Bonchev–Trinajstić information content (AvgIpc) is 3.02. The van der Waals surface area contributed by atoms with Crippen LogP contribution in [0, 0.1) is 11.8 Å². The summed E-state index contributed by atoms with van der Waals surface area (Å²) in [6.07, 6.45) is 4.19. The second kappa shape index (κ2) is 5.99. The Morgan fingerprint density at radius 1 is 1.38 bits per heavy atom. The number of nitrogens with one attached hydrogen (secondary N) is 1. The summed E-state index contributed by atoms with van der Waals surface area (Å²) in [5.41, 5.74) is 0. The molecular formula is C13H26N2O. The lowest BCUT2D eigenvalue weighted by molar-refractivity contribution is 0.151. The van der Waals surface area contributed by atoms with E-state index in [-0.39, 0.29) is 0 Å². The third-order valence-corrected chi connectivity index (χ3v) is 3.88. The Labute approximate surface area is 99.5 Å². The van der Waals surface area contributed by atoms with Gasteiger partial charge in [-0.2, -0.15) is 0 Å². The van der Waals surface area contributed by atoms with Crippen LogP contribution >= 0.6 is 0 Å². The fourth-order valence-electron chi connectivity index (χ4n) is 2.87. The van der Waals surface area contributed by atoms with Gasteiger partial charge in [-0.1, -0.05) is 6.92 Å². The van der Waals surface area contributed by atoms with Crippen molar-refractivity contribution in [3.8, 4) is 0 Å². The van der Waals surface area contributed by atoms with E-state index in [1.807, 2.05) is 7.11 Å². The third-order valence-electron chi connectivity index (χ3n) is 3.88. The van der Waals surface area contributed by atoms with E-state index in [4.69, 9.17) is 4.74 Å². The Morgan fingerprint density at radius 2 is 2.19 bits per heavy atom. The summed E-state index contributed by atoms with van der Waals surface area (Å²) in [5.74, 6) is 1.73. The topological polar surface area (TPSA) is 24.5 Å². The molecule has 0 aromatic heterocycles. The number of nitrogens with zero attached hydrogens (tertiary/aromatic N) is 1. The first kappa shape index (κ1) is 12.3. The van der Waals surface area contributed by atoms with Crippen LogP contribution in [0.25, 0.3) is 0 Å². The monoisotopic (exact) mass is 226 g/mol. The van der Waals surface area contributed by atoms with Crippen LogP contribution in [0.4, 0.5) is 0 Å². The second-order valence-corrected chi connectivity index (χ2v) is 5.37. The van der Waals surface area contributed by atoms with Crippen molar-refractivity contribution in [1.82, 2.24) is 10.2 Å². The van der Waals surface area contributed by atoms with Crippen molar-refractivity contribution in [2.45, 2.75) is 32.2 Å². The number of hydrogen-bond acceptors (Lipinski definition) is 3. The van der Waals surface area contributed by atoms with Crippen molar-refractivity contribution in [2.24, 2.45) is 11.8 Å². The van der Waals surface area contributed by atoms with Crippen molar-refractivity contribution < 1.29 is 4.74 Å². The summed E-state index contributed by atoms with van der Waals surface area (Å²) in [7, 11) is 1.81. The fraction of sp³-hybridized carbons (Fsp3) is 1.00. The van der Waals surface area contributed by atoms with E-state index in [1.165, 1.54) is 38.9 Å². The van der Waals surface area contributed by atoms with Gasteiger partial charge in [0.1, 0.15) is 0 Å². The van der Waals surface area contributed by atoms with Crippen molar-refractivity contribution in [2.75, 3.05) is 39.9 Å². The molecule has 1 heterocycles. The van der Waals surface area contributed by atoms with E-state index >= 15 is 0 Å². The van der Waals surface area contributed by atoms with Gasteiger partial charge in [0.2, 0.25) is 0 Å². The molecule has 2 aliphatic rings. The molecule has 2 atom stereocenters. The zero-order chi connectivity index (χ0) is 11.4. The summed E-state index contributed by atoms with van der Waals surface area (Å²) in [6.45, 7) is 8.01. The third kappa shape index (κ3) is 3.44. The smallest absolute Gasteiger partial charge is 0.0503 e. The van der Waals surface area contributed by atoms with E-state index in [0.717, 1.165) is 31.0 Å². The highest BCUT2D eigenvalue weighted by Gasteiger charge is 2.33. The lowest BCUT2D eigenvalue weighted by Gasteiger charge is -2.24. The van der Waals surface area contributed by atoms with Gasteiger partial charge in [-0.05, 0) is 44.2 Å². The summed E-state index contributed by atoms with van der Waals surface area (Å²) in [6, 6.07) is 0.742. The predicted molar refractivity (Wildman–Crippen MR) is 66.6 cm³/mol. The lowest BCUT2D eigenvalue weighted by atomic mass is 10.1. The normalized spacial score (nSPS) is 28.5. The van der Waals surface area contributed by atoms with Gasteiger partial charge in [0.15, 0.2) is 0 Å². The molecule has 0 aromatic carbocycles. The molecule has 1 saturated carbocycles. The Hall–Kier alpha value is -0.120. The zero-order valence-corrected chi connectivity index (χ0v) is 10.7. The predicted octanol–water partition coefficient (Wildman–Crippen LogP) is 1.34. The molecule has 94 valence electrons. The van der Waals surface area contributed by atoms with Gasteiger partial charge < -0.3 is 15.0 Å². The summed E-state index contributed by atoms with van der Waals surface area (Å²) >= 11 is 0. The van der Waals surface area contributed by atoms with Crippen LogP contribution in [0.3, 0.4) is 0 Å². The summed E-state index contributed by atoms with van der Waals surface area (Å²) in [4.78, 5) is 2.62. The number of rotatable bonds is 7. The molecule has 3 nitrogen and oxygen atoms in total. The SMILES string of the molecule is CCNC(CN1CCC(COC)C1)C1CC1.